The summed E-state index contributed by atoms with van der Waals surface area (Å²) in [6.07, 6.45) is 0. The monoisotopic (exact) mass is 188 g/mol. The van der Waals surface area contributed by atoms with Crippen LogP contribution in [0.4, 0.5) is 0 Å². The van der Waals surface area contributed by atoms with E-state index in [1.165, 1.54) is 16.3 Å². The molecule has 2 rings (SSSR count). The van der Waals surface area contributed by atoms with Crippen molar-refractivity contribution in [1.82, 2.24) is 0 Å². The molecular formula is C12H12S. The van der Waals surface area contributed by atoms with Crippen LogP contribution in [0.3, 0.4) is 0 Å². The number of rotatable bonds is 1. The molecule has 0 saturated carbocycles. The van der Waals surface area contributed by atoms with E-state index in [-0.39, 0.29) is 0 Å². The molecule has 0 aliphatic carbocycles. The Kier molecular flexibility index (Phi) is 2.28. The highest BCUT2D eigenvalue weighted by Crippen LogP contribution is 2.27. The fourth-order valence-corrected chi connectivity index (χ4v) is 1.84. The summed E-state index contributed by atoms with van der Waals surface area (Å²) in [4.78, 5) is 0. The van der Waals surface area contributed by atoms with Crippen LogP contribution in [-0.4, -0.2) is 0 Å². The average molecular weight is 188 g/mol. The van der Waals surface area contributed by atoms with Gasteiger partial charge in [0.2, 0.25) is 0 Å². The highest BCUT2D eigenvalue weighted by molar-refractivity contribution is 7.80. The first kappa shape index (κ1) is 8.64. The van der Waals surface area contributed by atoms with Crippen molar-refractivity contribution in [2.45, 2.75) is 12.2 Å². The molecule has 0 bridgehead atoms. The summed E-state index contributed by atoms with van der Waals surface area (Å²) < 4.78 is 0. The molecule has 0 spiro atoms. The Bertz CT molecular complexity index is 413. The largest absolute Gasteiger partial charge is 0.171 e. The Morgan fingerprint density at radius 2 is 1.69 bits per heavy atom. The second-order valence-corrected chi connectivity index (χ2v) is 4.02. The first-order valence-electron chi connectivity index (χ1n) is 4.45. The fourth-order valence-electron chi connectivity index (χ4n) is 1.61. The number of hydrogen-bond donors (Lipinski definition) is 1. The van der Waals surface area contributed by atoms with Crippen LogP contribution in [0.5, 0.6) is 0 Å². The second kappa shape index (κ2) is 3.43. The molecule has 0 unspecified atom stereocenters. The number of benzene rings is 2. The summed E-state index contributed by atoms with van der Waals surface area (Å²) in [5.74, 6) is 0. The van der Waals surface area contributed by atoms with E-state index in [0.29, 0.717) is 5.25 Å². The molecule has 0 aliphatic heterocycles. The molecule has 0 heterocycles. The molecule has 0 saturated heterocycles. The molecule has 0 fully saturated rings. The quantitative estimate of drug-likeness (QED) is 0.646. The lowest BCUT2D eigenvalue weighted by atomic mass is 10.0. The van der Waals surface area contributed by atoms with Crippen LogP contribution in [0.1, 0.15) is 17.7 Å². The third kappa shape index (κ3) is 1.56. The van der Waals surface area contributed by atoms with Crippen molar-refractivity contribution in [2.75, 3.05) is 0 Å². The third-order valence-corrected chi connectivity index (χ3v) is 2.55. The third-order valence-electron chi connectivity index (χ3n) is 2.27. The fraction of sp³-hybridized carbons (Fsp3) is 0.167. The van der Waals surface area contributed by atoms with Gasteiger partial charge in [-0.1, -0.05) is 42.5 Å². The van der Waals surface area contributed by atoms with Crippen LogP contribution in [0.2, 0.25) is 0 Å². The van der Waals surface area contributed by atoms with Crippen molar-refractivity contribution in [2.24, 2.45) is 0 Å². The molecule has 66 valence electrons. The first-order valence-corrected chi connectivity index (χ1v) is 4.96. The molecule has 0 radical (unpaired) electrons. The Labute approximate surface area is 84.0 Å². The molecule has 2 aromatic rings. The zero-order valence-corrected chi connectivity index (χ0v) is 8.46. The van der Waals surface area contributed by atoms with Crippen molar-refractivity contribution in [3.8, 4) is 0 Å². The van der Waals surface area contributed by atoms with Gasteiger partial charge < -0.3 is 0 Å². The zero-order valence-electron chi connectivity index (χ0n) is 7.57. The lowest BCUT2D eigenvalue weighted by Gasteiger charge is -2.08. The average Bonchev–Trinajstić information content (AvgIpc) is 2.17. The van der Waals surface area contributed by atoms with Gasteiger partial charge in [-0.05, 0) is 23.3 Å². The van der Waals surface area contributed by atoms with Crippen molar-refractivity contribution >= 4 is 23.4 Å². The minimum atomic E-state index is 0.297. The normalized spacial score (nSPS) is 13.1. The number of hydrogen-bond acceptors (Lipinski definition) is 1. The SMILES string of the molecule is C[C@@H](S)c1cccc2ccccc12. The van der Waals surface area contributed by atoms with E-state index < -0.39 is 0 Å². The van der Waals surface area contributed by atoms with E-state index in [0.717, 1.165) is 0 Å². The molecule has 2 aromatic carbocycles. The predicted molar refractivity (Wildman–Crippen MR) is 61.3 cm³/mol. The van der Waals surface area contributed by atoms with E-state index in [2.05, 4.69) is 62.0 Å². The van der Waals surface area contributed by atoms with Crippen LogP contribution < -0.4 is 0 Å². The maximum Gasteiger partial charge on any atom is 0.0245 e. The molecule has 0 aliphatic rings. The molecule has 0 aromatic heterocycles. The van der Waals surface area contributed by atoms with Crippen molar-refractivity contribution in [3.05, 3.63) is 48.0 Å². The summed E-state index contributed by atoms with van der Waals surface area (Å²) in [5.41, 5.74) is 1.31. The van der Waals surface area contributed by atoms with Crippen molar-refractivity contribution in [1.29, 1.82) is 0 Å². The maximum atomic E-state index is 4.46. The van der Waals surface area contributed by atoms with E-state index >= 15 is 0 Å². The van der Waals surface area contributed by atoms with E-state index in [1.807, 2.05) is 0 Å². The Balaban J connectivity index is 2.76. The van der Waals surface area contributed by atoms with E-state index in [1.54, 1.807) is 0 Å². The maximum absolute atomic E-state index is 4.46. The minimum Gasteiger partial charge on any atom is -0.171 e. The van der Waals surface area contributed by atoms with Crippen LogP contribution >= 0.6 is 12.6 Å². The van der Waals surface area contributed by atoms with Crippen LogP contribution in [0, 0.1) is 0 Å². The smallest absolute Gasteiger partial charge is 0.0245 e. The summed E-state index contributed by atoms with van der Waals surface area (Å²) in [6.45, 7) is 2.10. The first-order chi connectivity index (χ1) is 6.29. The Morgan fingerprint density at radius 1 is 1.00 bits per heavy atom. The minimum absolute atomic E-state index is 0.297. The van der Waals surface area contributed by atoms with Crippen molar-refractivity contribution < 1.29 is 0 Å². The van der Waals surface area contributed by atoms with E-state index in [9.17, 15) is 0 Å². The second-order valence-electron chi connectivity index (χ2n) is 3.24. The molecule has 0 nitrogen and oxygen atoms in total. The van der Waals surface area contributed by atoms with Crippen LogP contribution in [0.15, 0.2) is 42.5 Å². The molecule has 1 atom stereocenters. The van der Waals surface area contributed by atoms with E-state index in [4.69, 9.17) is 0 Å². The predicted octanol–water partition coefficient (Wildman–Crippen LogP) is 3.83. The number of fused-ring (bicyclic) bond motifs is 1. The van der Waals surface area contributed by atoms with Crippen molar-refractivity contribution in [3.63, 3.8) is 0 Å². The Hall–Kier alpha value is -0.950. The molecule has 0 N–H and O–H groups in total. The lowest BCUT2D eigenvalue weighted by Crippen LogP contribution is -1.85. The number of thiol groups is 1. The van der Waals surface area contributed by atoms with Gasteiger partial charge in [-0.15, -0.1) is 0 Å². The summed E-state index contributed by atoms with van der Waals surface area (Å²) in [7, 11) is 0. The highest BCUT2D eigenvalue weighted by atomic mass is 32.1. The standard InChI is InChI=1S/C12H12S/c1-9(13)11-8-4-6-10-5-2-3-7-12(10)11/h2-9,13H,1H3/t9-/m1/s1. The molecule has 13 heavy (non-hydrogen) atoms. The zero-order chi connectivity index (χ0) is 9.26. The van der Waals surface area contributed by atoms with Gasteiger partial charge in [-0.2, -0.15) is 12.6 Å². The summed E-state index contributed by atoms with van der Waals surface area (Å²) in [6, 6.07) is 14.8. The van der Waals surface area contributed by atoms with Gasteiger partial charge in [0.05, 0.1) is 0 Å². The molecule has 0 amide bonds. The van der Waals surface area contributed by atoms with Gasteiger partial charge in [-0.3, -0.25) is 0 Å². The highest BCUT2D eigenvalue weighted by Gasteiger charge is 2.03. The van der Waals surface area contributed by atoms with Crippen LogP contribution in [-0.2, 0) is 0 Å². The molecular weight excluding hydrogens is 176 g/mol. The van der Waals surface area contributed by atoms with Gasteiger partial charge in [-0.25, -0.2) is 0 Å². The molecule has 1 heteroatoms. The van der Waals surface area contributed by atoms with Gasteiger partial charge in [0.1, 0.15) is 0 Å². The van der Waals surface area contributed by atoms with Gasteiger partial charge in [0.15, 0.2) is 0 Å². The van der Waals surface area contributed by atoms with Gasteiger partial charge >= 0.3 is 0 Å². The summed E-state index contributed by atoms with van der Waals surface area (Å²) >= 11 is 4.46. The Morgan fingerprint density at radius 3 is 2.46 bits per heavy atom. The van der Waals surface area contributed by atoms with Crippen LogP contribution in [0.25, 0.3) is 10.8 Å². The van der Waals surface area contributed by atoms with Gasteiger partial charge in [0.25, 0.3) is 0 Å². The lowest BCUT2D eigenvalue weighted by molar-refractivity contribution is 1.13. The summed E-state index contributed by atoms with van der Waals surface area (Å²) in [5, 5.41) is 2.90. The topological polar surface area (TPSA) is 0 Å². The van der Waals surface area contributed by atoms with Gasteiger partial charge in [0, 0.05) is 5.25 Å².